The number of pyridine rings is 1. The Morgan fingerprint density at radius 3 is 2.52 bits per heavy atom. The summed E-state index contributed by atoms with van der Waals surface area (Å²) in [6.07, 6.45) is 3.19. The Kier molecular flexibility index (Phi) is 4.90. The first-order valence-corrected chi connectivity index (χ1v) is 6.65. The van der Waals surface area contributed by atoms with Gasteiger partial charge in [-0.05, 0) is 30.2 Å². The molecule has 0 saturated carbocycles. The zero-order chi connectivity index (χ0) is 15.2. The van der Waals surface area contributed by atoms with E-state index in [2.05, 4.69) is 10.3 Å². The second-order valence-electron chi connectivity index (χ2n) is 4.36. The summed E-state index contributed by atoms with van der Waals surface area (Å²) in [4.78, 5) is 26.7. The van der Waals surface area contributed by atoms with Crippen LogP contribution in [-0.2, 0) is 6.42 Å². The molecule has 6 heteroatoms. The zero-order valence-electron chi connectivity index (χ0n) is 11.0. The van der Waals surface area contributed by atoms with Crippen LogP contribution in [0.5, 0.6) is 0 Å². The Balaban J connectivity index is 1.96. The summed E-state index contributed by atoms with van der Waals surface area (Å²) in [5.41, 5.74) is 1.03. The van der Waals surface area contributed by atoms with Crippen molar-refractivity contribution in [2.45, 2.75) is 6.42 Å². The molecule has 5 nitrogen and oxygen atoms in total. The first-order chi connectivity index (χ1) is 10.1. The average molecular weight is 305 g/mol. The van der Waals surface area contributed by atoms with Gasteiger partial charge < -0.3 is 10.4 Å². The number of nitrogens with zero attached hydrogens (tertiary/aromatic N) is 1. The average Bonchev–Trinajstić information content (AvgIpc) is 2.49. The van der Waals surface area contributed by atoms with Crippen molar-refractivity contribution in [2.75, 3.05) is 6.54 Å². The minimum Gasteiger partial charge on any atom is -0.478 e. The number of nitrogens with one attached hydrogen (secondary N) is 1. The molecule has 0 saturated heterocycles. The zero-order valence-corrected chi connectivity index (χ0v) is 11.8. The lowest BCUT2D eigenvalue weighted by Gasteiger charge is -2.07. The van der Waals surface area contributed by atoms with Gasteiger partial charge in [0.1, 0.15) is 0 Å². The molecule has 2 rings (SSSR count). The highest BCUT2D eigenvalue weighted by Crippen LogP contribution is 2.10. The Morgan fingerprint density at radius 2 is 1.86 bits per heavy atom. The van der Waals surface area contributed by atoms with E-state index < -0.39 is 11.9 Å². The second kappa shape index (κ2) is 6.85. The van der Waals surface area contributed by atoms with E-state index in [9.17, 15) is 9.59 Å². The SMILES string of the molecule is O=C(O)c1cnccc1C(=O)NCCc1ccc(Cl)cc1. The molecule has 1 amide bonds. The van der Waals surface area contributed by atoms with E-state index in [-0.39, 0.29) is 11.1 Å². The number of hydrogen-bond donors (Lipinski definition) is 2. The van der Waals surface area contributed by atoms with Crippen LogP contribution in [0, 0.1) is 0 Å². The van der Waals surface area contributed by atoms with Gasteiger partial charge in [-0.3, -0.25) is 9.78 Å². The number of amides is 1. The van der Waals surface area contributed by atoms with Crippen molar-refractivity contribution in [3.63, 3.8) is 0 Å². The third kappa shape index (κ3) is 4.03. The maximum absolute atomic E-state index is 12.0. The predicted molar refractivity (Wildman–Crippen MR) is 78.7 cm³/mol. The summed E-state index contributed by atoms with van der Waals surface area (Å²) >= 11 is 5.79. The molecule has 0 unspecified atom stereocenters. The Bertz CT molecular complexity index is 656. The molecule has 2 N–H and O–H groups in total. The van der Waals surface area contributed by atoms with Crippen LogP contribution in [0.2, 0.25) is 5.02 Å². The predicted octanol–water partition coefficient (Wildman–Crippen LogP) is 2.41. The van der Waals surface area contributed by atoms with Gasteiger partial charge >= 0.3 is 5.97 Å². The number of carbonyl (C=O) groups excluding carboxylic acids is 1. The molecule has 1 heterocycles. The first kappa shape index (κ1) is 15.0. The lowest BCUT2D eigenvalue weighted by atomic mass is 10.1. The van der Waals surface area contributed by atoms with Crippen molar-refractivity contribution in [3.8, 4) is 0 Å². The minimum atomic E-state index is -1.18. The summed E-state index contributed by atoms with van der Waals surface area (Å²) < 4.78 is 0. The number of hydrogen-bond acceptors (Lipinski definition) is 3. The van der Waals surface area contributed by atoms with E-state index in [1.807, 2.05) is 12.1 Å². The summed E-state index contributed by atoms with van der Waals surface area (Å²) in [5.74, 6) is -1.60. The molecule has 0 atom stereocenters. The molecule has 1 aromatic heterocycles. The molecule has 1 aromatic carbocycles. The van der Waals surface area contributed by atoms with Crippen LogP contribution in [-0.4, -0.2) is 28.5 Å². The van der Waals surface area contributed by atoms with Gasteiger partial charge in [0.15, 0.2) is 0 Å². The molecule has 2 aromatic rings. The molecule has 0 aliphatic carbocycles. The fraction of sp³-hybridized carbons (Fsp3) is 0.133. The molecule has 0 fully saturated rings. The van der Waals surface area contributed by atoms with Crippen LogP contribution in [0.1, 0.15) is 26.3 Å². The summed E-state index contributed by atoms with van der Waals surface area (Å²) in [6.45, 7) is 0.405. The quantitative estimate of drug-likeness (QED) is 0.889. The summed E-state index contributed by atoms with van der Waals surface area (Å²) in [7, 11) is 0. The molecule has 21 heavy (non-hydrogen) atoms. The van der Waals surface area contributed by atoms with Crippen molar-refractivity contribution < 1.29 is 14.7 Å². The normalized spacial score (nSPS) is 10.1. The fourth-order valence-electron chi connectivity index (χ4n) is 1.83. The van der Waals surface area contributed by atoms with Crippen molar-refractivity contribution in [3.05, 3.63) is 64.4 Å². The fourth-order valence-corrected chi connectivity index (χ4v) is 1.96. The van der Waals surface area contributed by atoms with Crippen LogP contribution in [0.3, 0.4) is 0 Å². The molecular formula is C15H13ClN2O3. The maximum atomic E-state index is 12.0. The number of aromatic nitrogens is 1. The number of rotatable bonds is 5. The monoisotopic (exact) mass is 304 g/mol. The van der Waals surface area contributed by atoms with E-state index in [1.54, 1.807) is 12.1 Å². The number of benzene rings is 1. The summed E-state index contributed by atoms with van der Waals surface area (Å²) in [6, 6.07) is 8.71. The van der Waals surface area contributed by atoms with Crippen molar-refractivity contribution >= 4 is 23.5 Å². The van der Waals surface area contributed by atoms with Crippen molar-refractivity contribution in [2.24, 2.45) is 0 Å². The third-order valence-corrected chi connectivity index (χ3v) is 3.16. The molecule has 0 aliphatic rings. The second-order valence-corrected chi connectivity index (χ2v) is 4.80. The smallest absolute Gasteiger partial charge is 0.338 e. The molecule has 0 spiro atoms. The topological polar surface area (TPSA) is 79.3 Å². The Hall–Kier alpha value is -2.40. The van der Waals surface area contributed by atoms with Gasteiger partial charge in [0, 0.05) is 24.0 Å². The van der Waals surface area contributed by atoms with E-state index in [4.69, 9.17) is 16.7 Å². The van der Waals surface area contributed by atoms with Crippen LogP contribution in [0.4, 0.5) is 0 Å². The van der Waals surface area contributed by atoms with Crippen LogP contribution in [0.25, 0.3) is 0 Å². The van der Waals surface area contributed by atoms with Crippen LogP contribution < -0.4 is 5.32 Å². The van der Waals surface area contributed by atoms with Crippen LogP contribution in [0.15, 0.2) is 42.7 Å². The van der Waals surface area contributed by atoms with E-state index in [1.165, 1.54) is 12.3 Å². The van der Waals surface area contributed by atoms with Gasteiger partial charge in [0.05, 0.1) is 11.1 Å². The van der Waals surface area contributed by atoms with Gasteiger partial charge in [-0.1, -0.05) is 23.7 Å². The number of carboxylic acid groups (broad SMARTS) is 1. The highest BCUT2D eigenvalue weighted by molar-refractivity contribution is 6.30. The standard InChI is InChI=1S/C15H13ClN2O3/c16-11-3-1-10(2-4-11)5-8-18-14(19)12-6-7-17-9-13(12)15(20)21/h1-4,6-7,9H,5,8H2,(H,18,19)(H,20,21). The largest absolute Gasteiger partial charge is 0.478 e. The van der Waals surface area contributed by atoms with Gasteiger partial charge in [-0.2, -0.15) is 0 Å². The van der Waals surface area contributed by atoms with Gasteiger partial charge in [-0.15, -0.1) is 0 Å². The third-order valence-electron chi connectivity index (χ3n) is 2.91. The Morgan fingerprint density at radius 1 is 1.14 bits per heavy atom. The molecule has 0 aliphatic heterocycles. The molecular weight excluding hydrogens is 292 g/mol. The van der Waals surface area contributed by atoms with E-state index in [0.29, 0.717) is 18.0 Å². The lowest BCUT2D eigenvalue weighted by Crippen LogP contribution is -2.27. The van der Waals surface area contributed by atoms with Gasteiger partial charge in [0.2, 0.25) is 0 Å². The number of carboxylic acids is 1. The van der Waals surface area contributed by atoms with E-state index >= 15 is 0 Å². The number of carbonyl (C=O) groups is 2. The molecule has 108 valence electrons. The first-order valence-electron chi connectivity index (χ1n) is 6.28. The lowest BCUT2D eigenvalue weighted by molar-refractivity contribution is 0.0690. The van der Waals surface area contributed by atoms with Gasteiger partial charge in [-0.25, -0.2) is 4.79 Å². The molecule has 0 bridgehead atoms. The highest BCUT2D eigenvalue weighted by Gasteiger charge is 2.15. The highest BCUT2D eigenvalue weighted by atomic mass is 35.5. The minimum absolute atomic E-state index is 0.105. The number of aromatic carboxylic acids is 1. The van der Waals surface area contributed by atoms with Crippen molar-refractivity contribution in [1.82, 2.24) is 10.3 Å². The van der Waals surface area contributed by atoms with Gasteiger partial charge in [0.25, 0.3) is 5.91 Å². The number of halogens is 1. The van der Waals surface area contributed by atoms with Crippen LogP contribution >= 0.6 is 11.6 Å². The van der Waals surface area contributed by atoms with E-state index in [0.717, 1.165) is 11.8 Å². The molecule has 0 radical (unpaired) electrons. The van der Waals surface area contributed by atoms with Crippen molar-refractivity contribution in [1.29, 1.82) is 0 Å². The maximum Gasteiger partial charge on any atom is 0.338 e. The Labute approximate surface area is 126 Å². The summed E-state index contributed by atoms with van der Waals surface area (Å²) in [5, 5.41) is 12.4.